The van der Waals surface area contributed by atoms with Gasteiger partial charge in [-0.05, 0) is 55.1 Å². The van der Waals surface area contributed by atoms with Gasteiger partial charge >= 0.3 is 5.97 Å². The second-order valence-electron chi connectivity index (χ2n) is 8.92. The van der Waals surface area contributed by atoms with Crippen LogP contribution in [-0.2, 0) is 17.9 Å². The normalized spacial score (nSPS) is 11.5. The van der Waals surface area contributed by atoms with E-state index in [1.807, 2.05) is 48.2 Å². The molecule has 0 atom stereocenters. The molecule has 0 bridgehead atoms. The van der Waals surface area contributed by atoms with Gasteiger partial charge in [0.25, 0.3) is 0 Å². The monoisotopic (exact) mass is 494 g/mol. The number of carboxylic acid groups (broad SMARTS) is 1. The van der Waals surface area contributed by atoms with E-state index in [1.165, 1.54) is 12.3 Å². The highest BCUT2D eigenvalue weighted by Gasteiger charge is 2.16. The van der Waals surface area contributed by atoms with Crippen LogP contribution in [0.2, 0.25) is 0 Å². The molecule has 0 aliphatic heterocycles. The molecule has 0 aliphatic rings. The third-order valence-corrected chi connectivity index (χ3v) is 5.82. The van der Waals surface area contributed by atoms with Crippen molar-refractivity contribution in [1.29, 1.82) is 0 Å². The number of hydrogen-bond donors (Lipinski definition) is 1. The van der Waals surface area contributed by atoms with E-state index >= 15 is 0 Å². The largest absolute Gasteiger partial charge is 0.489 e. The Morgan fingerprint density at radius 3 is 2.47 bits per heavy atom. The number of hydrogen-bond acceptors (Lipinski definition) is 5. The molecule has 0 spiro atoms. The van der Waals surface area contributed by atoms with Crippen molar-refractivity contribution in [3.05, 3.63) is 89.7 Å². The zero-order valence-electron chi connectivity index (χ0n) is 20.2. The molecule has 3 aromatic carbocycles. The molecule has 0 radical (unpaired) electrons. The molecule has 0 saturated carbocycles. The molecule has 1 N–H and O–H groups in total. The molecule has 0 unspecified atom stereocenters. The van der Waals surface area contributed by atoms with E-state index in [1.54, 1.807) is 24.3 Å². The van der Waals surface area contributed by atoms with Gasteiger partial charge in [-0.3, -0.25) is 9.69 Å². The summed E-state index contributed by atoms with van der Waals surface area (Å²) in [6.07, 6.45) is 1.34. The Kier molecular flexibility index (Phi) is 7.97. The van der Waals surface area contributed by atoms with Crippen molar-refractivity contribution in [2.45, 2.75) is 13.2 Å². The molecule has 8 heteroatoms. The summed E-state index contributed by atoms with van der Waals surface area (Å²) in [5, 5.41) is 9.34. The van der Waals surface area contributed by atoms with Crippen LogP contribution in [0.15, 0.2) is 71.3 Å². The SMILES string of the molecule is CN(C)CCN(CC(=O)O)Cc1cccc(COc2ccc(-c3cc(F)c(F)c4ccoc34)cc2)c1. The predicted octanol–water partition coefficient (Wildman–Crippen LogP) is 5.41. The molecule has 1 aromatic heterocycles. The van der Waals surface area contributed by atoms with Gasteiger partial charge in [0.1, 0.15) is 17.9 Å². The third-order valence-electron chi connectivity index (χ3n) is 5.82. The number of carbonyl (C=O) groups is 1. The Morgan fingerprint density at radius 2 is 1.75 bits per heavy atom. The van der Waals surface area contributed by atoms with E-state index in [0.717, 1.165) is 23.7 Å². The highest BCUT2D eigenvalue weighted by molar-refractivity contribution is 5.93. The maximum Gasteiger partial charge on any atom is 0.317 e. The Balaban J connectivity index is 1.42. The highest BCUT2D eigenvalue weighted by Crippen LogP contribution is 2.33. The number of ether oxygens (including phenoxy) is 1. The number of rotatable bonds is 11. The maximum absolute atomic E-state index is 14.0. The minimum absolute atomic E-state index is 0.0246. The van der Waals surface area contributed by atoms with Crippen LogP contribution >= 0.6 is 0 Å². The minimum Gasteiger partial charge on any atom is -0.489 e. The van der Waals surface area contributed by atoms with Gasteiger partial charge in [0.15, 0.2) is 11.6 Å². The topological polar surface area (TPSA) is 66.2 Å². The second kappa shape index (κ2) is 11.3. The molecular formula is C28H28F2N2O4. The molecule has 36 heavy (non-hydrogen) atoms. The van der Waals surface area contributed by atoms with E-state index in [2.05, 4.69) is 0 Å². The predicted molar refractivity (Wildman–Crippen MR) is 134 cm³/mol. The number of carboxylic acids is 1. The lowest BCUT2D eigenvalue weighted by molar-refractivity contribution is -0.138. The number of benzene rings is 3. The first kappa shape index (κ1) is 25.3. The van der Waals surface area contributed by atoms with Crippen molar-refractivity contribution in [2.24, 2.45) is 0 Å². The van der Waals surface area contributed by atoms with Gasteiger partial charge < -0.3 is 19.2 Å². The lowest BCUT2D eigenvalue weighted by atomic mass is 10.0. The summed E-state index contributed by atoms with van der Waals surface area (Å²) in [6, 6.07) is 17.5. The standard InChI is InChI=1S/C28H28F2N2O4/c1-31(2)11-12-32(17-26(33)34)16-19-4-3-5-20(14-19)18-36-22-8-6-21(7-9-22)24-15-25(29)27(30)23-10-13-35-28(23)24/h3-10,13-15H,11-12,16-18H2,1-2H3,(H,33,34). The summed E-state index contributed by atoms with van der Waals surface area (Å²) in [5.74, 6) is -2.08. The van der Waals surface area contributed by atoms with Gasteiger partial charge in [-0.2, -0.15) is 0 Å². The van der Waals surface area contributed by atoms with Crippen LogP contribution < -0.4 is 4.74 Å². The van der Waals surface area contributed by atoms with Gasteiger partial charge in [0, 0.05) is 25.2 Å². The van der Waals surface area contributed by atoms with Gasteiger partial charge in [0.05, 0.1) is 18.2 Å². The van der Waals surface area contributed by atoms with Gasteiger partial charge in [0.2, 0.25) is 0 Å². The number of nitrogens with zero attached hydrogens (tertiary/aromatic N) is 2. The van der Waals surface area contributed by atoms with Crippen LogP contribution in [0.25, 0.3) is 22.1 Å². The van der Waals surface area contributed by atoms with E-state index < -0.39 is 17.6 Å². The first-order valence-corrected chi connectivity index (χ1v) is 11.6. The maximum atomic E-state index is 14.0. The Morgan fingerprint density at radius 1 is 1.00 bits per heavy atom. The summed E-state index contributed by atoms with van der Waals surface area (Å²) >= 11 is 0. The van der Waals surface area contributed by atoms with Crippen LogP contribution in [0.3, 0.4) is 0 Å². The van der Waals surface area contributed by atoms with Crippen molar-refractivity contribution in [3.8, 4) is 16.9 Å². The zero-order valence-corrected chi connectivity index (χ0v) is 20.2. The average Bonchev–Trinajstić information content (AvgIpc) is 3.34. The van der Waals surface area contributed by atoms with Gasteiger partial charge in [-0.25, -0.2) is 8.78 Å². The first-order valence-electron chi connectivity index (χ1n) is 11.6. The number of aliphatic carboxylic acids is 1. The van der Waals surface area contributed by atoms with Crippen molar-refractivity contribution >= 4 is 16.9 Å². The number of halogens is 2. The molecule has 0 aliphatic carbocycles. The minimum atomic E-state index is -0.928. The van der Waals surface area contributed by atoms with Crippen LogP contribution in [0.1, 0.15) is 11.1 Å². The van der Waals surface area contributed by atoms with Crippen molar-refractivity contribution in [1.82, 2.24) is 9.80 Å². The van der Waals surface area contributed by atoms with Crippen LogP contribution in [0.5, 0.6) is 5.75 Å². The van der Waals surface area contributed by atoms with Crippen molar-refractivity contribution in [3.63, 3.8) is 0 Å². The van der Waals surface area contributed by atoms with E-state index in [9.17, 15) is 18.7 Å². The van der Waals surface area contributed by atoms with Crippen LogP contribution in [-0.4, -0.2) is 54.6 Å². The van der Waals surface area contributed by atoms with Crippen LogP contribution in [0, 0.1) is 11.6 Å². The number of likely N-dealkylation sites (N-methyl/N-ethyl adjacent to an activating group) is 1. The Hall–Kier alpha value is -3.75. The fraction of sp³-hybridized carbons (Fsp3) is 0.250. The van der Waals surface area contributed by atoms with E-state index in [4.69, 9.17) is 9.15 Å². The van der Waals surface area contributed by atoms with Gasteiger partial charge in [-0.1, -0.05) is 36.4 Å². The molecule has 0 fully saturated rings. The molecule has 4 rings (SSSR count). The highest BCUT2D eigenvalue weighted by atomic mass is 19.2. The third kappa shape index (κ3) is 6.27. The molecule has 188 valence electrons. The summed E-state index contributed by atoms with van der Waals surface area (Å²) in [4.78, 5) is 15.2. The van der Waals surface area contributed by atoms with Crippen molar-refractivity contribution < 1.29 is 27.8 Å². The lowest BCUT2D eigenvalue weighted by Gasteiger charge is -2.22. The average molecular weight is 495 g/mol. The summed E-state index contributed by atoms with van der Waals surface area (Å²) in [6.45, 7) is 2.25. The molecule has 0 amide bonds. The number of furan rings is 1. The van der Waals surface area contributed by atoms with Crippen molar-refractivity contribution in [2.75, 3.05) is 33.7 Å². The lowest BCUT2D eigenvalue weighted by Crippen LogP contribution is -2.35. The Bertz CT molecular complexity index is 1340. The smallest absolute Gasteiger partial charge is 0.317 e. The zero-order chi connectivity index (χ0) is 25.7. The number of fused-ring (bicyclic) bond motifs is 1. The first-order chi connectivity index (χ1) is 17.3. The van der Waals surface area contributed by atoms with Crippen LogP contribution in [0.4, 0.5) is 8.78 Å². The fourth-order valence-corrected chi connectivity index (χ4v) is 4.01. The molecule has 6 nitrogen and oxygen atoms in total. The van der Waals surface area contributed by atoms with Gasteiger partial charge in [-0.15, -0.1) is 0 Å². The molecular weight excluding hydrogens is 466 g/mol. The van der Waals surface area contributed by atoms with E-state index in [-0.39, 0.29) is 11.9 Å². The fourth-order valence-electron chi connectivity index (χ4n) is 4.01. The molecule has 1 heterocycles. The Labute approximate surface area is 208 Å². The summed E-state index contributed by atoms with van der Waals surface area (Å²) < 4.78 is 39.3. The molecule has 0 saturated heterocycles. The summed E-state index contributed by atoms with van der Waals surface area (Å²) in [7, 11) is 3.91. The summed E-state index contributed by atoms with van der Waals surface area (Å²) in [5.41, 5.74) is 3.40. The second-order valence-corrected chi connectivity index (χ2v) is 8.92. The quantitative estimate of drug-likeness (QED) is 0.301. The molecule has 4 aromatic rings. The van der Waals surface area contributed by atoms with E-state index in [0.29, 0.717) is 42.2 Å².